The van der Waals surface area contributed by atoms with Crippen molar-refractivity contribution in [2.24, 2.45) is 0 Å². The summed E-state index contributed by atoms with van der Waals surface area (Å²) < 4.78 is 7.44. The first kappa shape index (κ1) is 26.9. The third-order valence-corrected chi connectivity index (χ3v) is 6.48. The van der Waals surface area contributed by atoms with Crippen molar-refractivity contribution >= 4 is 43.7 Å². The standard InChI is InChI=1S/C27H29Br2N3O3/c1-5-32(27(34)26(33)30-14-20-12-23(28)31-24(29)13-20)15-21-10-18(3)25(19(4)11-21)35-16-22-9-7-6-8-17(22)2/h6-13H,5,14-16H2,1-4H3,(H,30,33). The predicted molar refractivity (Wildman–Crippen MR) is 144 cm³/mol. The molecular weight excluding hydrogens is 574 g/mol. The van der Waals surface area contributed by atoms with Crippen LogP contribution in [0.5, 0.6) is 5.75 Å². The average molecular weight is 603 g/mol. The van der Waals surface area contributed by atoms with E-state index in [9.17, 15) is 9.59 Å². The number of amides is 2. The fourth-order valence-corrected chi connectivity index (χ4v) is 5.05. The number of rotatable bonds is 8. The Kier molecular flexibility index (Phi) is 9.46. The molecule has 35 heavy (non-hydrogen) atoms. The normalized spacial score (nSPS) is 10.7. The van der Waals surface area contributed by atoms with Gasteiger partial charge in [0.25, 0.3) is 0 Å². The molecule has 0 aliphatic heterocycles. The maximum Gasteiger partial charge on any atom is 0.312 e. The van der Waals surface area contributed by atoms with Gasteiger partial charge in [-0.25, -0.2) is 4.98 Å². The highest BCUT2D eigenvalue weighted by molar-refractivity contribution is 9.11. The van der Waals surface area contributed by atoms with Crippen molar-refractivity contribution in [1.82, 2.24) is 15.2 Å². The number of hydrogen-bond donors (Lipinski definition) is 1. The van der Waals surface area contributed by atoms with Gasteiger partial charge in [0.2, 0.25) is 0 Å². The summed E-state index contributed by atoms with van der Waals surface area (Å²) in [7, 11) is 0. The third-order valence-electron chi connectivity index (χ3n) is 5.67. The Labute approximate surface area is 223 Å². The van der Waals surface area contributed by atoms with Gasteiger partial charge in [-0.15, -0.1) is 0 Å². The molecule has 3 rings (SSSR count). The molecule has 1 aromatic heterocycles. The summed E-state index contributed by atoms with van der Waals surface area (Å²) >= 11 is 6.65. The molecule has 0 saturated carbocycles. The van der Waals surface area contributed by atoms with Crippen LogP contribution in [0.15, 0.2) is 57.7 Å². The summed E-state index contributed by atoms with van der Waals surface area (Å²) in [5, 5.41) is 2.70. The molecule has 8 heteroatoms. The second-order valence-corrected chi connectivity index (χ2v) is 10.0. The summed E-state index contributed by atoms with van der Waals surface area (Å²) in [6, 6.07) is 15.8. The van der Waals surface area contributed by atoms with Crippen molar-refractivity contribution in [3.8, 4) is 5.75 Å². The molecule has 6 nitrogen and oxygen atoms in total. The quantitative estimate of drug-likeness (QED) is 0.262. The van der Waals surface area contributed by atoms with E-state index in [4.69, 9.17) is 4.74 Å². The first-order chi connectivity index (χ1) is 16.7. The van der Waals surface area contributed by atoms with Crippen LogP contribution < -0.4 is 10.1 Å². The molecule has 0 atom stereocenters. The van der Waals surface area contributed by atoms with E-state index in [0.29, 0.717) is 28.9 Å². The largest absolute Gasteiger partial charge is 0.488 e. The van der Waals surface area contributed by atoms with Crippen LogP contribution in [0.3, 0.4) is 0 Å². The van der Waals surface area contributed by atoms with Gasteiger partial charge < -0.3 is 15.0 Å². The zero-order chi connectivity index (χ0) is 25.5. The van der Waals surface area contributed by atoms with Crippen LogP contribution in [-0.2, 0) is 29.3 Å². The van der Waals surface area contributed by atoms with Gasteiger partial charge in [0, 0.05) is 19.6 Å². The van der Waals surface area contributed by atoms with Gasteiger partial charge in [-0.05, 0) is 105 Å². The summed E-state index contributed by atoms with van der Waals surface area (Å²) in [6.07, 6.45) is 0. The molecule has 0 aliphatic carbocycles. The fourth-order valence-electron chi connectivity index (χ4n) is 3.85. The van der Waals surface area contributed by atoms with Gasteiger partial charge in [0.1, 0.15) is 21.6 Å². The second kappa shape index (κ2) is 12.3. The summed E-state index contributed by atoms with van der Waals surface area (Å²) in [4.78, 5) is 31.1. The molecule has 3 aromatic rings. The molecule has 184 valence electrons. The number of ether oxygens (including phenoxy) is 1. The van der Waals surface area contributed by atoms with Gasteiger partial charge >= 0.3 is 11.8 Å². The lowest BCUT2D eigenvalue weighted by Gasteiger charge is -2.22. The third kappa shape index (κ3) is 7.39. The van der Waals surface area contributed by atoms with Crippen LogP contribution >= 0.6 is 31.9 Å². The highest BCUT2D eigenvalue weighted by atomic mass is 79.9. The molecule has 0 aliphatic rings. The lowest BCUT2D eigenvalue weighted by atomic mass is 10.0. The number of aromatic nitrogens is 1. The van der Waals surface area contributed by atoms with E-state index in [1.54, 1.807) is 12.1 Å². The zero-order valence-corrected chi connectivity index (χ0v) is 23.5. The number of pyridine rings is 1. The van der Waals surface area contributed by atoms with E-state index in [-0.39, 0.29) is 6.54 Å². The van der Waals surface area contributed by atoms with Crippen LogP contribution in [0.2, 0.25) is 0 Å². The molecule has 1 heterocycles. The van der Waals surface area contributed by atoms with Crippen LogP contribution in [0.25, 0.3) is 0 Å². The second-order valence-electron chi connectivity index (χ2n) is 8.40. The van der Waals surface area contributed by atoms with Gasteiger partial charge in [-0.1, -0.05) is 36.4 Å². The molecule has 2 amide bonds. The molecule has 0 saturated heterocycles. The van der Waals surface area contributed by atoms with Gasteiger partial charge in [-0.3, -0.25) is 9.59 Å². The van der Waals surface area contributed by atoms with E-state index < -0.39 is 11.8 Å². The van der Waals surface area contributed by atoms with E-state index in [1.165, 1.54) is 10.5 Å². The number of carbonyl (C=O) groups is 2. The summed E-state index contributed by atoms with van der Waals surface area (Å²) in [5.41, 5.74) is 6.11. The van der Waals surface area contributed by atoms with Crippen molar-refractivity contribution in [2.75, 3.05) is 6.54 Å². The van der Waals surface area contributed by atoms with E-state index in [0.717, 1.165) is 33.6 Å². The van der Waals surface area contributed by atoms with Crippen LogP contribution in [0.1, 0.15) is 40.3 Å². The van der Waals surface area contributed by atoms with E-state index >= 15 is 0 Å². The SMILES string of the molecule is CCN(Cc1cc(C)c(OCc2ccccc2C)c(C)c1)C(=O)C(=O)NCc1cc(Br)nc(Br)c1. The number of nitrogens with zero attached hydrogens (tertiary/aromatic N) is 2. The minimum absolute atomic E-state index is 0.229. The molecular formula is C27H29Br2N3O3. The Bertz CT molecular complexity index is 1190. The number of hydrogen-bond acceptors (Lipinski definition) is 4. The first-order valence-electron chi connectivity index (χ1n) is 11.3. The topological polar surface area (TPSA) is 71.5 Å². The maximum atomic E-state index is 12.8. The Morgan fingerprint density at radius 2 is 1.57 bits per heavy atom. The Morgan fingerprint density at radius 3 is 2.17 bits per heavy atom. The van der Waals surface area contributed by atoms with Crippen LogP contribution in [-0.4, -0.2) is 28.2 Å². The number of carbonyl (C=O) groups excluding carboxylic acids is 2. The monoisotopic (exact) mass is 601 g/mol. The molecule has 0 fully saturated rings. The average Bonchev–Trinajstić information content (AvgIpc) is 2.80. The Morgan fingerprint density at radius 1 is 0.943 bits per heavy atom. The smallest absolute Gasteiger partial charge is 0.312 e. The minimum atomic E-state index is -0.637. The number of benzene rings is 2. The molecule has 0 bridgehead atoms. The molecule has 0 radical (unpaired) electrons. The highest BCUT2D eigenvalue weighted by Crippen LogP contribution is 2.27. The number of halogens is 2. The first-order valence-corrected chi connectivity index (χ1v) is 12.9. The van der Waals surface area contributed by atoms with E-state index in [1.807, 2.05) is 45.0 Å². The summed E-state index contributed by atoms with van der Waals surface area (Å²) in [5.74, 6) is -0.351. The Hall–Kier alpha value is -2.71. The molecule has 1 N–H and O–H groups in total. The van der Waals surface area contributed by atoms with Crippen molar-refractivity contribution in [1.29, 1.82) is 0 Å². The molecule has 0 spiro atoms. The Balaban J connectivity index is 1.64. The van der Waals surface area contributed by atoms with Gasteiger partial charge in [0.15, 0.2) is 0 Å². The van der Waals surface area contributed by atoms with Crippen LogP contribution in [0, 0.1) is 20.8 Å². The lowest BCUT2D eigenvalue weighted by Crippen LogP contribution is -2.42. The number of nitrogens with one attached hydrogen (secondary N) is 1. The van der Waals surface area contributed by atoms with E-state index in [2.05, 4.69) is 61.2 Å². The van der Waals surface area contributed by atoms with Crippen molar-refractivity contribution < 1.29 is 14.3 Å². The lowest BCUT2D eigenvalue weighted by molar-refractivity contribution is -0.146. The van der Waals surface area contributed by atoms with Crippen molar-refractivity contribution in [3.05, 3.63) is 91.1 Å². The molecule has 0 unspecified atom stereocenters. The number of likely N-dealkylation sites (N-methyl/N-ethyl adjacent to an activating group) is 1. The van der Waals surface area contributed by atoms with Crippen molar-refractivity contribution in [3.63, 3.8) is 0 Å². The summed E-state index contributed by atoms with van der Waals surface area (Å²) in [6.45, 7) is 9.42. The predicted octanol–water partition coefficient (Wildman–Crippen LogP) is 5.78. The number of aryl methyl sites for hydroxylation is 3. The minimum Gasteiger partial charge on any atom is -0.488 e. The molecule has 2 aromatic carbocycles. The highest BCUT2D eigenvalue weighted by Gasteiger charge is 2.21. The van der Waals surface area contributed by atoms with Crippen molar-refractivity contribution in [2.45, 2.75) is 47.4 Å². The fraction of sp³-hybridized carbons (Fsp3) is 0.296. The maximum absolute atomic E-state index is 12.8. The van der Waals surface area contributed by atoms with Crippen LogP contribution in [0.4, 0.5) is 0 Å². The zero-order valence-electron chi connectivity index (χ0n) is 20.3. The van der Waals surface area contributed by atoms with Gasteiger partial charge in [-0.2, -0.15) is 0 Å². The van der Waals surface area contributed by atoms with Gasteiger partial charge in [0.05, 0.1) is 0 Å².